The van der Waals surface area contributed by atoms with Crippen LogP contribution in [0.25, 0.3) is 6.08 Å². The lowest BCUT2D eigenvalue weighted by molar-refractivity contribution is -0.112. The molecule has 0 spiro atoms. The molecule has 0 aliphatic rings. The third-order valence-corrected chi connectivity index (χ3v) is 3.91. The second-order valence-corrected chi connectivity index (χ2v) is 5.52. The summed E-state index contributed by atoms with van der Waals surface area (Å²) in [5, 5.41) is 13.6. The molecule has 1 aromatic heterocycles. The molecule has 0 fully saturated rings. The number of anilines is 1. The second-order valence-electron chi connectivity index (χ2n) is 3.66. The third kappa shape index (κ3) is 3.78. The number of amides is 1. The normalized spacial score (nSPS) is 10.8. The Morgan fingerprint density at radius 1 is 1.37 bits per heavy atom. The first-order valence-corrected chi connectivity index (χ1v) is 7.08. The first kappa shape index (κ1) is 13.5. The van der Waals surface area contributed by atoms with Gasteiger partial charge < -0.3 is 5.32 Å². The molecule has 0 saturated heterocycles. The van der Waals surface area contributed by atoms with Gasteiger partial charge >= 0.3 is 0 Å². The minimum absolute atomic E-state index is 0.0817. The summed E-state index contributed by atoms with van der Waals surface area (Å²) < 4.78 is 0.935. The quantitative estimate of drug-likeness (QED) is 0.680. The van der Waals surface area contributed by atoms with Gasteiger partial charge in [-0.3, -0.25) is 4.79 Å². The highest BCUT2D eigenvalue weighted by Gasteiger charge is 2.09. The molecule has 1 N–H and O–H groups in total. The second kappa shape index (κ2) is 6.32. The Morgan fingerprint density at radius 2 is 2.11 bits per heavy atom. The Kier molecular flexibility index (Phi) is 4.50. The monoisotopic (exact) mass is 332 g/mol. The molecule has 5 heteroatoms. The number of thiophene rings is 1. The van der Waals surface area contributed by atoms with Crippen LogP contribution < -0.4 is 5.32 Å². The number of benzene rings is 1. The zero-order chi connectivity index (χ0) is 13.7. The molecule has 1 aromatic carbocycles. The van der Waals surface area contributed by atoms with E-state index in [1.165, 1.54) is 11.3 Å². The van der Waals surface area contributed by atoms with Crippen molar-refractivity contribution >= 4 is 44.9 Å². The van der Waals surface area contributed by atoms with Crippen LogP contribution >= 0.6 is 27.3 Å². The van der Waals surface area contributed by atoms with Gasteiger partial charge in [-0.25, -0.2) is 0 Å². The van der Waals surface area contributed by atoms with Crippen molar-refractivity contribution in [3.63, 3.8) is 0 Å². The number of halogens is 1. The largest absolute Gasteiger partial charge is 0.321 e. The Labute approximate surface area is 123 Å². The molecule has 19 heavy (non-hydrogen) atoms. The van der Waals surface area contributed by atoms with Crippen molar-refractivity contribution in [2.75, 3.05) is 5.32 Å². The minimum atomic E-state index is -0.404. The Morgan fingerprint density at radius 3 is 2.68 bits per heavy atom. The number of nitrogens with one attached hydrogen (secondary N) is 1. The third-order valence-electron chi connectivity index (χ3n) is 2.27. The topological polar surface area (TPSA) is 52.9 Å². The fraction of sp³-hybridized carbons (Fsp3) is 0. The SMILES string of the molecule is N#C/C(=C\c1cc(Br)cs1)C(=O)Nc1ccccc1. The first-order chi connectivity index (χ1) is 9.19. The summed E-state index contributed by atoms with van der Waals surface area (Å²) >= 11 is 4.80. The molecule has 0 unspecified atom stereocenters. The van der Waals surface area contributed by atoms with Gasteiger partial charge in [-0.05, 0) is 40.2 Å². The summed E-state index contributed by atoms with van der Waals surface area (Å²) in [5.74, 6) is -0.404. The highest BCUT2D eigenvalue weighted by atomic mass is 79.9. The van der Waals surface area contributed by atoms with Crippen LogP contribution in [0, 0.1) is 11.3 Å². The van der Waals surface area contributed by atoms with Gasteiger partial charge in [-0.2, -0.15) is 5.26 Å². The number of hydrogen-bond acceptors (Lipinski definition) is 3. The number of hydrogen-bond donors (Lipinski definition) is 1. The van der Waals surface area contributed by atoms with Gasteiger partial charge in [0, 0.05) is 20.4 Å². The molecule has 0 aliphatic carbocycles. The molecule has 0 saturated carbocycles. The molecule has 1 amide bonds. The van der Waals surface area contributed by atoms with Crippen molar-refractivity contribution in [2.45, 2.75) is 0 Å². The van der Waals surface area contributed by atoms with Gasteiger partial charge in [0.05, 0.1) is 0 Å². The Bertz CT molecular complexity index is 656. The van der Waals surface area contributed by atoms with Crippen molar-refractivity contribution < 1.29 is 4.79 Å². The van der Waals surface area contributed by atoms with E-state index in [0.29, 0.717) is 5.69 Å². The molecule has 94 valence electrons. The molecule has 2 aromatic rings. The van der Waals surface area contributed by atoms with E-state index in [2.05, 4.69) is 21.2 Å². The smallest absolute Gasteiger partial charge is 0.266 e. The maximum atomic E-state index is 11.9. The summed E-state index contributed by atoms with van der Waals surface area (Å²) in [5.41, 5.74) is 0.749. The minimum Gasteiger partial charge on any atom is -0.321 e. The molecule has 1 heterocycles. The number of rotatable bonds is 3. The van der Waals surface area contributed by atoms with Gasteiger partial charge in [0.25, 0.3) is 5.91 Å². The number of nitriles is 1. The lowest BCUT2D eigenvalue weighted by Crippen LogP contribution is -2.13. The van der Waals surface area contributed by atoms with Gasteiger partial charge in [-0.15, -0.1) is 11.3 Å². The number of para-hydroxylation sites is 1. The van der Waals surface area contributed by atoms with E-state index in [4.69, 9.17) is 5.26 Å². The Balaban J connectivity index is 2.16. The van der Waals surface area contributed by atoms with Crippen molar-refractivity contribution in [3.05, 3.63) is 56.7 Å². The fourth-order valence-electron chi connectivity index (χ4n) is 1.41. The van der Waals surface area contributed by atoms with Crippen LogP contribution in [0.5, 0.6) is 0 Å². The highest BCUT2D eigenvalue weighted by molar-refractivity contribution is 9.10. The zero-order valence-electron chi connectivity index (χ0n) is 9.76. The summed E-state index contributed by atoms with van der Waals surface area (Å²) in [7, 11) is 0. The van der Waals surface area contributed by atoms with E-state index in [-0.39, 0.29) is 5.57 Å². The molecule has 2 rings (SSSR count). The van der Waals surface area contributed by atoms with Crippen molar-refractivity contribution in [1.29, 1.82) is 5.26 Å². The maximum Gasteiger partial charge on any atom is 0.266 e. The fourth-order valence-corrected chi connectivity index (χ4v) is 2.79. The summed E-state index contributed by atoms with van der Waals surface area (Å²) in [6.07, 6.45) is 1.58. The van der Waals surface area contributed by atoms with E-state index >= 15 is 0 Å². The van der Waals surface area contributed by atoms with Crippen LogP contribution in [0.4, 0.5) is 5.69 Å². The predicted octanol–water partition coefficient (Wildman–Crippen LogP) is 4.06. The summed E-state index contributed by atoms with van der Waals surface area (Å²) in [6, 6.07) is 12.8. The molecular formula is C14H9BrN2OS. The van der Waals surface area contributed by atoms with Gasteiger partial charge in [0.2, 0.25) is 0 Å². The lowest BCUT2D eigenvalue weighted by atomic mass is 10.2. The van der Waals surface area contributed by atoms with Crippen LogP contribution in [0.15, 0.2) is 51.8 Å². The molecule has 0 bridgehead atoms. The van der Waals surface area contributed by atoms with Crippen molar-refractivity contribution in [1.82, 2.24) is 0 Å². The average Bonchev–Trinajstić information content (AvgIpc) is 2.82. The maximum absolute atomic E-state index is 11.9. The molecule has 0 radical (unpaired) electrons. The number of carbonyl (C=O) groups excluding carboxylic acids is 1. The van der Waals surface area contributed by atoms with Crippen LogP contribution in [-0.4, -0.2) is 5.91 Å². The van der Waals surface area contributed by atoms with Crippen molar-refractivity contribution in [3.8, 4) is 6.07 Å². The Hall–Kier alpha value is -1.90. The van der Waals surface area contributed by atoms with Crippen LogP contribution in [0.2, 0.25) is 0 Å². The molecule has 0 atom stereocenters. The molecule has 0 aliphatic heterocycles. The molecular weight excluding hydrogens is 324 g/mol. The van der Waals surface area contributed by atoms with Crippen LogP contribution in [0.3, 0.4) is 0 Å². The molecule has 3 nitrogen and oxygen atoms in total. The standard InChI is InChI=1S/C14H9BrN2OS/c15-11-7-13(19-9-11)6-10(8-16)14(18)17-12-4-2-1-3-5-12/h1-7,9H,(H,17,18)/b10-6+. The lowest BCUT2D eigenvalue weighted by Gasteiger charge is -2.02. The summed E-state index contributed by atoms with van der Waals surface area (Å²) in [6.45, 7) is 0. The zero-order valence-corrected chi connectivity index (χ0v) is 12.2. The summed E-state index contributed by atoms with van der Waals surface area (Å²) in [4.78, 5) is 12.8. The highest BCUT2D eigenvalue weighted by Crippen LogP contribution is 2.22. The van der Waals surface area contributed by atoms with E-state index in [0.717, 1.165) is 9.35 Å². The average molecular weight is 333 g/mol. The van der Waals surface area contributed by atoms with Gasteiger partial charge in [0.15, 0.2) is 0 Å². The number of nitrogens with zero attached hydrogens (tertiary/aromatic N) is 1. The van der Waals surface area contributed by atoms with E-state index in [1.807, 2.05) is 35.7 Å². The van der Waals surface area contributed by atoms with E-state index in [1.54, 1.807) is 18.2 Å². The predicted molar refractivity (Wildman–Crippen MR) is 80.7 cm³/mol. The van der Waals surface area contributed by atoms with Crippen molar-refractivity contribution in [2.24, 2.45) is 0 Å². The van der Waals surface area contributed by atoms with E-state index in [9.17, 15) is 4.79 Å². The first-order valence-electron chi connectivity index (χ1n) is 5.41. The van der Waals surface area contributed by atoms with Gasteiger partial charge in [0.1, 0.15) is 11.6 Å². The van der Waals surface area contributed by atoms with E-state index < -0.39 is 5.91 Å². The van der Waals surface area contributed by atoms with Gasteiger partial charge in [-0.1, -0.05) is 18.2 Å². The number of carbonyl (C=O) groups is 1. The van der Waals surface area contributed by atoms with Crippen LogP contribution in [-0.2, 0) is 4.79 Å². The van der Waals surface area contributed by atoms with Crippen LogP contribution in [0.1, 0.15) is 4.88 Å².